The van der Waals surface area contributed by atoms with E-state index in [9.17, 15) is 0 Å². The molecule has 2 heterocycles. The number of rotatable bonds is 2. The molecule has 1 aliphatic heterocycles. The molecule has 1 N–H and O–H groups in total. The van der Waals surface area contributed by atoms with Gasteiger partial charge in [0.05, 0.1) is 6.54 Å². The van der Waals surface area contributed by atoms with Crippen molar-refractivity contribution < 1.29 is 0 Å². The van der Waals surface area contributed by atoms with Crippen LogP contribution in [0.5, 0.6) is 0 Å². The van der Waals surface area contributed by atoms with Crippen molar-refractivity contribution in [1.82, 2.24) is 10.2 Å². The first-order valence-corrected chi connectivity index (χ1v) is 7.51. The number of thiophene rings is 1. The van der Waals surface area contributed by atoms with Crippen LogP contribution >= 0.6 is 35.3 Å². The monoisotopic (exact) mass is 393 g/mol. The zero-order chi connectivity index (χ0) is 13.0. The van der Waals surface area contributed by atoms with Crippen LogP contribution in [-0.4, -0.2) is 31.0 Å². The maximum atomic E-state index is 4.40. The number of nitrogens with zero attached hydrogens (tertiary/aromatic N) is 2. The third kappa shape index (κ3) is 4.95. The molecule has 108 valence electrons. The molecule has 19 heavy (non-hydrogen) atoms. The topological polar surface area (TPSA) is 27.6 Å². The van der Waals surface area contributed by atoms with Crippen molar-refractivity contribution in [3.8, 4) is 0 Å². The van der Waals surface area contributed by atoms with Gasteiger partial charge in [-0.15, -0.1) is 35.3 Å². The Morgan fingerprint density at radius 3 is 2.89 bits per heavy atom. The summed E-state index contributed by atoms with van der Waals surface area (Å²) >= 11 is 1.85. The first kappa shape index (κ1) is 16.8. The number of likely N-dealkylation sites (tertiary alicyclic amines) is 1. The molecular formula is C14H24IN3S. The average molecular weight is 393 g/mol. The molecule has 0 bridgehead atoms. The van der Waals surface area contributed by atoms with E-state index in [4.69, 9.17) is 0 Å². The number of aliphatic imine (C=N–C) groups is 1. The third-order valence-electron chi connectivity index (χ3n) is 3.39. The van der Waals surface area contributed by atoms with Crippen molar-refractivity contribution in [3.63, 3.8) is 0 Å². The van der Waals surface area contributed by atoms with Gasteiger partial charge in [0.25, 0.3) is 0 Å². The van der Waals surface area contributed by atoms with Crippen LogP contribution in [0, 0.1) is 12.8 Å². The summed E-state index contributed by atoms with van der Waals surface area (Å²) in [4.78, 5) is 9.53. The summed E-state index contributed by atoms with van der Waals surface area (Å²) in [5.74, 6) is 1.83. The summed E-state index contributed by atoms with van der Waals surface area (Å²) in [7, 11) is 1.88. The van der Waals surface area contributed by atoms with Gasteiger partial charge in [-0.25, -0.2) is 0 Å². The molecule has 5 heteroatoms. The second-order valence-electron chi connectivity index (χ2n) is 5.11. The van der Waals surface area contributed by atoms with Crippen LogP contribution in [0.3, 0.4) is 0 Å². The zero-order valence-corrected chi connectivity index (χ0v) is 15.1. The fourth-order valence-corrected chi connectivity index (χ4v) is 3.29. The van der Waals surface area contributed by atoms with Crippen molar-refractivity contribution in [2.45, 2.75) is 33.2 Å². The van der Waals surface area contributed by atoms with Gasteiger partial charge in [-0.2, -0.15) is 0 Å². The first-order valence-electron chi connectivity index (χ1n) is 6.70. The molecule has 1 fully saturated rings. The Morgan fingerprint density at radius 2 is 2.32 bits per heavy atom. The summed E-state index contributed by atoms with van der Waals surface area (Å²) in [6.07, 6.45) is 2.62. The van der Waals surface area contributed by atoms with E-state index in [0.29, 0.717) is 0 Å². The number of hydrogen-bond donors (Lipinski definition) is 1. The Kier molecular flexibility index (Phi) is 7.13. The van der Waals surface area contributed by atoms with Gasteiger partial charge in [-0.05, 0) is 37.8 Å². The van der Waals surface area contributed by atoms with Gasteiger partial charge in [-0.3, -0.25) is 4.99 Å². The smallest absolute Gasteiger partial charge is 0.193 e. The SMILES string of the molecule is CN=C(NCc1ccc(C)s1)N1CCCC(C)C1.I. The van der Waals surface area contributed by atoms with E-state index in [1.165, 1.54) is 22.6 Å². The van der Waals surface area contributed by atoms with E-state index in [0.717, 1.165) is 31.5 Å². The van der Waals surface area contributed by atoms with Crippen LogP contribution in [0.1, 0.15) is 29.5 Å². The highest BCUT2D eigenvalue weighted by atomic mass is 127. The first-order chi connectivity index (χ1) is 8.69. The van der Waals surface area contributed by atoms with Crippen molar-refractivity contribution in [2.75, 3.05) is 20.1 Å². The van der Waals surface area contributed by atoms with Crippen LogP contribution in [0.25, 0.3) is 0 Å². The van der Waals surface area contributed by atoms with E-state index >= 15 is 0 Å². The van der Waals surface area contributed by atoms with Crippen LogP contribution < -0.4 is 5.32 Å². The highest BCUT2D eigenvalue weighted by Gasteiger charge is 2.18. The lowest BCUT2D eigenvalue weighted by Gasteiger charge is -2.33. The molecule has 0 aromatic carbocycles. The van der Waals surface area contributed by atoms with Crippen LogP contribution in [-0.2, 0) is 6.54 Å². The number of nitrogens with one attached hydrogen (secondary N) is 1. The van der Waals surface area contributed by atoms with E-state index < -0.39 is 0 Å². The molecule has 1 aliphatic rings. The van der Waals surface area contributed by atoms with Crippen molar-refractivity contribution >= 4 is 41.3 Å². The number of hydrogen-bond acceptors (Lipinski definition) is 2. The second-order valence-corrected chi connectivity index (χ2v) is 6.48. The molecule has 3 nitrogen and oxygen atoms in total. The van der Waals surface area contributed by atoms with Crippen LogP contribution in [0.15, 0.2) is 17.1 Å². The molecule has 1 saturated heterocycles. The van der Waals surface area contributed by atoms with E-state index in [2.05, 4.69) is 41.2 Å². The van der Waals surface area contributed by atoms with Crippen molar-refractivity contribution in [3.05, 3.63) is 21.9 Å². The van der Waals surface area contributed by atoms with E-state index in [1.54, 1.807) is 0 Å². The van der Waals surface area contributed by atoms with E-state index in [1.807, 2.05) is 18.4 Å². The number of aryl methyl sites for hydroxylation is 1. The van der Waals surface area contributed by atoms with Gasteiger partial charge >= 0.3 is 0 Å². The fourth-order valence-electron chi connectivity index (χ4n) is 2.46. The lowest BCUT2D eigenvalue weighted by atomic mass is 10.0. The lowest BCUT2D eigenvalue weighted by Crippen LogP contribution is -2.45. The molecule has 2 rings (SSSR count). The zero-order valence-electron chi connectivity index (χ0n) is 12.0. The largest absolute Gasteiger partial charge is 0.351 e. The minimum Gasteiger partial charge on any atom is -0.351 e. The molecule has 0 saturated carbocycles. The molecule has 0 spiro atoms. The Morgan fingerprint density at radius 1 is 1.53 bits per heavy atom. The average Bonchev–Trinajstić information content (AvgIpc) is 2.76. The molecule has 0 radical (unpaired) electrons. The van der Waals surface area contributed by atoms with Crippen molar-refractivity contribution in [1.29, 1.82) is 0 Å². The minimum atomic E-state index is 0. The van der Waals surface area contributed by atoms with Gasteiger partial charge in [0.2, 0.25) is 0 Å². The molecule has 0 amide bonds. The fraction of sp³-hybridized carbons (Fsp3) is 0.643. The molecule has 0 aliphatic carbocycles. The summed E-state index contributed by atoms with van der Waals surface area (Å²) in [6, 6.07) is 4.37. The van der Waals surface area contributed by atoms with Gasteiger partial charge < -0.3 is 10.2 Å². The van der Waals surface area contributed by atoms with Crippen LogP contribution in [0.2, 0.25) is 0 Å². The van der Waals surface area contributed by atoms with Gasteiger partial charge in [0.1, 0.15) is 0 Å². The molecular weight excluding hydrogens is 369 g/mol. The second kappa shape index (κ2) is 8.09. The number of halogens is 1. The summed E-state index contributed by atoms with van der Waals surface area (Å²) in [5.41, 5.74) is 0. The third-order valence-corrected chi connectivity index (χ3v) is 4.39. The van der Waals surface area contributed by atoms with E-state index in [-0.39, 0.29) is 24.0 Å². The Labute approximate surface area is 137 Å². The maximum absolute atomic E-state index is 4.40. The Hall–Kier alpha value is -0.300. The summed E-state index contributed by atoms with van der Waals surface area (Å²) in [5, 5.41) is 3.48. The van der Waals surface area contributed by atoms with Crippen LogP contribution in [0.4, 0.5) is 0 Å². The lowest BCUT2D eigenvalue weighted by molar-refractivity contribution is 0.266. The van der Waals surface area contributed by atoms with Gasteiger partial charge in [0.15, 0.2) is 5.96 Å². The highest BCUT2D eigenvalue weighted by Crippen LogP contribution is 2.17. The Balaban J connectivity index is 0.00000180. The highest BCUT2D eigenvalue weighted by molar-refractivity contribution is 14.0. The van der Waals surface area contributed by atoms with Gasteiger partial charge in [0, 0.05) is 29.9 Å². The normalized spacial score (nSPS) is 20.1. The Bertz CT molecular complexity index is 417. The summed E-state index contributed by atoms with van der Waals surface area (Å²) < 4.78 is 0. The molecule has 1 aromatic heterocycles. The van der Waals surface area contributed by atoms with Gasteiger partial charge in [-0.1, -0.05) is 6.92 Å². The predicted molar refractivity (Wildman–Crippen MR) is 94.6 cm³/mol. The van der Waals surface area contributed by atoms with Crippen molar-refractivity contribution in [2.24, 2.45) is 10.9 Å². The number of guanidine groups is 1. The molecule has 1 atom stereocenters. The summed E-state index contributed by atoms with van der Waals surface area (Å²) in [6.45, 7) is 7.62. The number of piperidine rings is 1. The predicted octanol–water partition coefficient (Wildman–Crippen LogP) is 3.48. The quantitative estimate of drug-likeness (QED) is 0.473. The molecule has 1 aromatic rings. The standard InChI is InChI=1S/C14H23N3S.HI/c1-11-5-4-8-17(10-11)14(15-3)16-9-13-7-6-12(2)18-13;/h6-7,11H,4-5,8-10H2,1-3H3,(H,15,16);1H. The minimum absolute atomic E-state index is 0. The molecule has 1 unspecified atom stereocenters. The maximum Gasteiger partial charge on any atom is 0.193 e.